The Bertz CT molecular complexity index is 619. The highest BCUT2D eigenvalue weighted by molar-refractivity contribution is 6.06. The van der Waals surface area contributed by atoms with E-state index in [0.29, 0.717) is 0 Å². The SMILES string of the molecule is CC.Cc1ccc(C(=O)C=Cc2ccc(C)cc2C)cc1. The van der Waals surface area contributed by atoms with E-state index in [1.807, 2.05) is 57.2 Å². The van der Waals surface area contributed by atoms with Gasteiger partial charge < -0.3 is 0 Å². The van der Waals surface area contributed by atoms with Gasteiger partial charge in [0.25, 0.3) is 0 Å². The number of ketones is 1. The summed E-state index contributed by atoms with van der Waals surface area (Å²) in [6, 6.07) is 13.9. The summed E-state index contributed by atoms with van der Waals surface area (Å²) in [5.41, 5.74) is 5.40. The molecule has 0 heterocycles. The Morgan fingerprint density at radius 1 is 0.857 bits per heavy atom. The van der Waals surface area contributed by atoms with Crippen LogP contribution < -0.4 is 0 Å². The van der Waals surface area contributed by atoms with Crippen LogP contribution in [-0.4, -0.2) is 5.78 Å². The van der Waals surface area contributed by atoms with Gasteiger partial charge in [-0.2, -0.15) is 0 Å². The minimum Gasteiger partial charge on any atom is -0.289 e. The Morgan fingerprint density at radius 2 is 1.43 bits per heavy atom. The number of aryl methyl sites for hydroxylation is 3. The van der Waals surface area contributed by atoms with Gasteiger partial charge >= 0.3 is 0 Å². The predicted octanol–water partition coefficient (Wildman–Crippen LogP) is 5.53. The molecule has 0 N–H and O–H groups in total. The monoisotopic (exact) mass is 280 g/mol. The third-order valence-electron chi connectivity index (χ3n) is 3.18. The minimum absolute atomic E-state index is 0.0416. The second kappa shape index (κ2) is 8.21. The molecule has 0 saturated carbocycles. The zero-order valence-electron chi connectivity index (χ0n) is 13.6. The molecule has 0 bridgehead atoms. The first-order chi connectivity index (χ1) is 10.1. The molecule has 0 atom stereocenters. The zero-order chi connectivity index (χ0) is 15.8. The normalized spacial score (nSPS) is 10.1. The Kier molecular flexibility index (Phi) is 6.61. The van der Waals surface area contributed by atoms with Gasteiger partial charge in [0.2, 0.25) is 0 Å². The maximum absolute atomic E-state index is 12.0. The van der Waals surface area contributed by atoms with E-state index in [-0.39, 0.29) is 5.78 Å². The van der Waals surface area contributed by atoms with Gasteiger partial charge in [0.1, 0.15) is 0 Å². The topological polar surface area (TPSA) is 17.1 Å². The molecule has 0 radical (unpaired) electrons. The standard InChI is InChI=1S/C18H18O.C2H6/c1-13-4-8-17(9-5-13)18(19)11-10-16-7-6-14(2)12-15(16)3;1-2/h4-12H,1-3H3;1-2H3. The first kappa shape index (κ1) is 16.9. The summed E-state index contributed by atoms with van der Waals surface area (Å²) in [6.45, 7) is 10.1. The Balaban J connectivity index is 0.00000106. The lowest BCUT2D eigenvalue weighted by Crippen LogP contribution is -1.94. The van der Waals surface area contributed by atoms with Gasteiger partial charge in [0, 0.05) is 5.56 Å². The van der Waals surface area contributed by atoms with E-state index in [9.17, 15) is 4.79 Å². The fraction of sp³-hybridized carbons (Fsp3) is 0.250. The summed E-state index contributed by atoms with van der Waals surface area (Å²) in [4.78, 5) is 12.0. The summed E-state index contributed by atoms with van der Waals surface area (Å²) in [5.74, 6) is 0.0416. The highest BCUT2D eigenvalue weighted by Crippen LogP contribution is 2.13. The number of hydrogen-bond donors (Lipinski definition) is 0. The van der Waals surface area contributed by atoms with Crippen molar-refractivity contribution in [1.29, 1.82) is 0 Å². The highest BCUT2D eigenvalue weighted by Gasteiger charge is 2.01. The van der Waals surface area contributed by atoms with E-state index in [4.69, 9.17) is 0 Å². The molecule has 2 aromatic carbocycles. The molecule has 0 amide bonds. The first-order valence-corrected chi connectivity index (χ1v) is 7.42. The average molecular weight is 280 g/mol. The van der Waals surface area contributed by atoms with Crippen molar-refractivity contribution < 1.29 is 4.79 Å². The Labute approximate surface area is 128 Å². The summed E-state index contributed by atoms with van der Waals surface area (Å²) in [5, 5.41) is 0. The van der Waals surface area contributed by atoms with Crippen LogP contribution in [0.1, 0.15) is 46.5 Å². The highest BCUT2D eigenvalue weighted by atomic mass is 16.1. The molecule has 0 aliphatic rings. The van der Waals surface area contributed by atoms with E-state index < -0.39 is 0 Å². The lowest BCUT2D eigenvalue weighted by molar-refractivity contribution is 0.104. The van der Waals surface area contributed by atoms with Crippen LogP contribution in [0.25, 0.3) is 6.08 Å². The summed E-state index contributed by atoms with van der Waals surface area (Å²) >= 11 is 0. The summed E-state index contributed by atoms with van der Waals surface area (Å²) < 4.78 is 0. The van der Waals surface area contributed by atoms with Crippen LogP contribution in [0.4, 0.5) is 0 Å². The smallest absolute Gasteiger partial charge is 0.185 e. The van der Waals surface area contributed by atoms with Gasteiger partial charge in [-0.05, 0) is 38.0 Å². The number of benzene rings is 2. The summed E-state index contributed by atoms with van der Waals surface area (Å²) in [6.07, 6.45) is 3.53. The zero-order valence-corrected chi connectivity index (χ0v) is 13.6. The molecular formula is C20H24O. The van der Waals surface area contributed by atoms with Crippen LogP contribution in [0.15, 0.2) is 48.5 Å². The maximum atomic E-state index is 12.0. The molecule has 0 saturated heterocycles. The number of hydrogen-bond acceptors (Lipinski definition) is 1. The van der Waals surface area contributed by atoms with Gasteiger partial charge in [0.15, 0.2) is 5.78 Å². The lowest BCUT2D eigenvalue weighted by atomic mass is 10.0. The van der Waals surface area contributed by atoms with Crippen molar-refractivity contribution in [2.75, 3.05) is 0 Å². The Hall–Kier alpha value is -2.15. The molecule has 1 heteroatoms. The second-order valence-electron chi connectivity index (χ2n) is 4.92. The third kappa shape index (κ3) is 5.03. The van der Waals surface area contributed by atoms with Crippen LogP contribution in [0.5, 0.6) is 0 Å². The van der Waals surface area contributed by atoms with Crippen molar-refractivity contribution in [3.05, 3.63) is 76.4 Å². The van der Waals surface area contributed by atoms with E-state index in [2.05, 4.69) is 26.0 Å². The van der Waals surface area contributed by atoms with Crippen LogP contribution >= 0.6 is 0 Å². The number of carbonyl (C=O) groups is 1. The average Bonchev–Trinajstić information content (AvgIpc) is 2.49. The van der Waals surface area contributed by atoms with Crippen LogP contribution in [0.3, 0.4) is 0 Å². The fourth-order valence-corrected chi connectivity index (χ4v) is 1.99. The molecule has 110 valence electrons. The number of allylic oxidation sites excluding steroid dienone is 1. The molecule has 0 aliphatic heterocycles. The predicted molar refractivity (Wildman–Crippen MR) is 91.8 cm³/mol. The molecule has 21 heavy (non-hydrogen) atoms. The van der Waals surface area contributed by atoms with Crippen LogP contribution in [0, 0.1) is 20.8 Å². The molecule has 1 nitrogen and oxygen atoms in total. The molecule has 2 aromatic rings. The molecule has 2 rings (SSSR count). The second-order valence-corrected chi connectivity index (χ2v) is 4.92. The van der Waals surface area contributed by atoms with Crippen molar-refractivity contribution in [3.8, 4) is 0 Å². The van der Waals surface area contributed by atoms with Gasteiger partial charge in [-0.15, -0.1) is 0 Å². The molecule has 0 aliphatic carbocycles. The van der Waals surface area contributed by atoms with Gasteiger partial charge in [-0.25, -0.2) is 0 Å². The molecular weight excluding hydrogens is 256 g/mol. The fourth-order valence-electron chi connectivity index (χ4n) is 1.99. The van der Waals surface area contributed by atoms with Crippen LogP contribution in [0.2, 0.25) is 0 Å². The van der Waals surface area contributed by atoms with E-state index in [1.54, 1.807) is 6.08 Å². The molecule has 0 spiro atoms. The lowest BCUT2D eigenvalue weighted by Gasteiger charge is -2.01. The molecule has 0 fully saturated rings. The third-order valence-corrected chi connectivity index (χ3v) is 3.18. The summed E-state index contributed by atoms with van der Waals surface area (Å²) in [7, 11) is 0. The Morgan fingerprint density at radius 3 is 2.00 bits per heavy atom. The quantitative estimate of drug-likeness (QED) is 0.533. The number of carbonyl (C=O) groups excluding carboxylic acids is 1. The minimum atomic E-state index is 0.0416. The van der Waals surface area contributed by atoms with Crippen molar-refractivity contribution in [3.63, 3.8) is 0 Å². The molecule has 0 aromatic heterocycles. The van der Waals surface area contributed by atoms with Crippen molar-refractivity contribution >= 4 is 11.9 Å². The maximum Gasteiger partial charge on any atom is 0.185 e. The number of rotatable bonds is 3. The van der Waals surface area contributed by atoms with Crippen molar-refractivity contribution in [1.82, 2.24) is 0 Å². The largest absolute Gasteiger partial charge is 0.289 e. The van der Waals surface area contributed by atoms with Crippen LogP contribution in [-0.2, 0) is 0 Å². The van der Waals surface area contributed by atoms with E-state index in [0.717, 1.165) is 16.7 Å². The van der Waals surface area contributed by atoms with Crippen molar-refractivity contribution in [2.45, 2.75) is 34.6 Å². The van der Waals surface area contributed by atoms with Gasteiger partial charge in [0.05, 0.1) is 0 Å². The molecule has 0 unspecified atom stereocenters. The first-order valence-electron chi connectivity index (χ1n) is 7.42. The van der Waals surface area contributed by atoms with Gasteiger partial charge in [-0.1, -0.05) is 73.5 Å². The van der Waals surface area contributed by atoms with Crippen molar-refractivity contribution in [2.24, 2.45) is 0 Å². The van der Waals surface area contributed by atoms with Gasteiger partial charge in [-0.3, -0.25) is 4.79 Å². The van der Waals surface area contributed by atoms with E-state index in [1.165, 1.54) is 11.1 Å². The van der Waals surface area contributed by atoms with E-state index >= 15 is 0 Å².